The van der Waals surface area contributed by atoms with E-state index in [1.807, 2.05) is 83.6 Å². The zero-order valence-electron chi connectivity index (χ0n) is 21.6. The lowest BCUT2D eigenvalue weighted by atomic mass is 10.1. The number of benzene rings is 3. The van der Waals surface area contributed by atoms with Gasteiger partial charge in [0, 0.05) is 57.1 Å². The summed E-state index contributed by atoms with van der Waals surface area (Å²) in [6.07, 6.45) is 1.06. The molecular weight excluding hydrogens is 464 g/mol. The van der Waals surface area contributed by atoms with Crippen LogP contribution in [-0.2, 0) is 20.9 Å². The third-order valence-corrected chi connectivity index (χ3v) is 7.54. The Morgan fingerprint density at radius 1 is 0.838 bits per heavy atom. The van der Waals surface area contributed by atoms with Crippen LogP contribution in [-0.4, -0.2) is 67.3 Å². The Kier molecular flexibility index (Phi) is 7.24. The number of nitrogens with zero attached hydrogens (tertiary/aromatic N) is 4. The van der Waals surface area contributed by atoms with Crippen LogP contribution in [0.5, 0.6) is 0 Å². The van der Waals surface area contributed by atoms with E-state index in [0.29, 0.717) is 26.2 Å². The SMILES string of the molecule is CC(=O)N1CCCN(C)CCN(C(=O)C2CC(=O)N(c3cccc4ccccc34)C2)Cc2ccccc21. The molecule has 1 saturated heterocycles. The molecule has 1 fully saturated rings. The minimum Gasteiger partial charge on any atom is -0.337 e. The average molecular weight is 499 g/mol. The van der Waals surface area contributed by atoms with Crippen LogP contribution in [0.2, 0.25) is 0 Å². The molecular formula is C30H34N4O3. The first-order valence-corrected chi connectivity index (χ1v) is 13.0. The molecule has 0 aromatic heterocycles. The highest BCUT2D eigenvalue weighted by Gasteiger charge is 2.38. The standard InChI is InChI=1S/C30H34N4O3/c1-22(35)33-16-8-15-31(2)17-18-32(20-24-10-4-6-13-27(24)33)30(37)25-19-29(36)34(21-25)28-14-7-11-23-9-3-5-12-26(23)28/h3-7,9-14,25H,8,15-21H2,1-2H3. The average Bonchev–Trinajstić information content (AvgIpc) is 3.28. The summed E-state index contributed by atoms with van der Waals surface area (Å²) in [5.74, 6) is -0.432. The van der Waals surface area contributed by atoms with Gasteiger partial charge >= 0.3 is 0 Å². The van der Waals surface area contributed by atoms with E-state index < -0.39 is 5.92 Å². The van der Waals surface area contributed by atoms with Crippen molar-refractivity contribution in [3.63, 3.8) is 0 Å². The summed E-state index contributed by atoms with van der Waals surface area (Å²) in [5.41, 5.74) is 2.67. The lowest BCUT2D eigenvalue weighted by Crippen LogP contribution is -2.41. The molecule has 192 valence electrons. The van der Waals surface area contributed by atoms with Gasteiger partial charge in [0.25, 0.3) is 0 Å². The number of likely N-dealkylation sites (N-methyl/N-ethyl adjacent to an activating group) is 1. The zero-order valence-corrected chi connectivity index (χ0v) is 21.6. The molecule has 7 nitrogen and oxygen atoms in total. The van der Waals surface area contributed by atoms with E-state index in [1.54, 1.807) is 11.8 Å². The molecule has 3 amide bonds. The van der Waals surface area contributed by atoms with E-state index in [0.717, 1.165) is 47.2 Å². The van der Waals surface area contributed by atoms with Gasteiger partial charge in [0.15, 0.2) is 0 Å². The van der Waals surface area contributed by atoms with Crippen LogP contribution >= 0.6 is 0 Å². The minimum atomic E-state index is -0.405. The van der Waals surface area contributed by atoms with Crippen molar-refractivity contribution in [2.45, 2.75) is 26.3 Å². The van der Waals surface area contributed by atoms with Crippen molar-refractivity contribution in [2.24, 2.45) is 5.92 Å². The number of para-hydroxylation sites is 1. The van der Waals surface area contributed by atoms with Crippen molar-refractivity contribution < 1.29 is 14.4 Å². The third kappa shape index (κ3) is 5.23. The van der Waals surface area contributed by atoms with Crippen LogP contribution in [0, 0.1) is 5.92 Å². The molecule has 0 N–H and O–H groups in total. The third-order valence-electron chi connectivity index (χ3n) is 7.54. The number of carbonyl (C=O) groups is 3. The normalized spacial score (nSPS) is 19.6. The number of fused-ring (bicyclic) bond motifs is 2. The predicted molar refractivity (Wildman–Crippen MR) is 146 cm³/mol. The first kappa shape index (κ1) is 25.0. The van der Waals surface area contributed by atoms with Crippen LogP contribution in [0.15, 0.2) is 66.7 Å². The molecule has 3 aromatic carbocycles. The van der Waals surface area contributed by atoms with Gasteiger partial charge in [-0.05, 0) is 43.1 Å². The van der Waals surface area contributed by atoms with E-state index in [2.05, 4.69) is 4.90 Å². The second kappa shape index (κ2) is 10.7. The first-order valence-electron chi connectivity index (χ1n) is 13.0. The van der Waals surface area contributed by atoms with Crippen LogP contribution in [0.3, 0.4) is 0 Å². The molecule has 37 heavy (non-hydrogen) atoms. The van der Waals surface area contributed by atoms with E-state index in [-0.39, 0.29) is 24.1 Å². The molecule has 3 aromatic rings. The van der Waals surface area contributed by atoms with Gasteiger partial charge in [-0.15, -0.1) is 0 Å². The number of anilines is 2. The molecule has 2 heterocycles. The summed E-state index contributed by atoms with van der Waals surface area (Å²) in [6, 6.07) is 21.8. The van der Waals surface area contributed by atoms with Crippen molar-refractivity contribution in [1.29, 1.82) is 0 Å². The van der Waals surface area contributed by atoms with Crippen molar-refractivity contribution in [1.82, 2.24) is 9.80 Å². The van der Waals surface area contributed by atoms with Gasteiger partial charge in [0.2, 0.25) is 17.7 Å². The molecule has 2 aliphatic rings. The largest absolute Gasteiger partial charge is 0.337 e. The Morgan fingerprint density at radius 2 is 1.57 bits per heavy atom. The van der Waals surface area contributed by atoms with E-state index in [4.69, 9.17) is 0 Å². The lowest BCUT2D eigenvalue weighted by Gasteiger charge is -2.29. The Bertz CT molecular complexity index is 1320. The number of hydrogen-bond acceptors (Lipinski definition) is 4. The van der Waals surface area contributed by atoms with Crippen molar-refractivity contribution in [3.8, 4) is 0 Å². The number of carbonyl (C=O) groups excluding carboxylic acids is 3. The summed E-state index contributed by atoms with van der Waals surface area (Å²) in [6.45, 7) is 5.16. The molecule has 0 saturated carbocycles. The van der Waals surface area contributed by atoms with Gasteiger partial charge in [-0.3, -0.25) is 14.4 Å². The number of amides is 3. The molecule has 0 spiro atoms. The molecule has 7 heteroatoms. The highest BCUT2D eigenvalue weighted by Crippen LogP contribution is 2.33. The minimum absolute atomic E-state index is 0.000606. The molecule has 0 aliphatic carbocycles. The summed E-state index contributed by atoms with van der Waals surface area (Å²) in [7, 11) is 2.05. The fourth-order valence-electron chi connectivity index (χ4n) is 5.54. The Hall–Kier alpha value is -3.71. The summed E-state index contributed by atoms with van der Waals surface area (Å²) >= 11 is 0. The topological polar surface area (TPSA) is 64.2 Å². The van der Waals surface area contributed by atoms with Gasteiger partial charge in [0.1, 0.15) is 0 Å². The maximum atomic E-state index is 13.9. The first-order chi connectivity index (χ1) is 17.9. The quantitative estimate of drug-likeness (QED) is 0.538. The fraction of sp³-hybridized carbons (Fsp3) is 0.367. The maximum absolute atomic E-state index is 13.9. The van der Waals surface area contributed by atoms with Crippen LogP contribution in [0.4, 0.5) is 11.4 Å². The van der Waals surface area contributed by atoms with Gasteiger partial charge in [-0.1, -0.05) is 54.6 Å². The van der Waals surface area contributed by atoms with E-state index in [1.165, 1.54) is 0 Å². The van der Waals surface area contributed by atoms with Crippen LogP contribution in [0.1, 0.15) is 25.3 Å². The molecule has 1 unspecified atom stereocenters. The second-order valence-electron chi connectivity index (χ2n) is 10.1. The van der Waals surface area contributed by atoms with Crippen molar-refractivity contribution in [2.75, 3.05) is 49.6 Å². The molecule has 2 aliphatic heterocycles. The van der Waals surface area contributed by atoms with Gasteiger partial charge in [-0.2, -0.15) is 0 Å². The van der Waals surface area contributed by atoms with Gasteiger partial charge < -0.3 is 19.6 Å². The highest BCUT2D eigenvalue weighted by atomic mass is 16.2. The fourth-order valence-corrected chi connectivity index (χ4v) is 5.54. The smallest absolute Gasteiger partial charge is 0.228 e. The monoisotopic (exact) mass is 498 g/mol. The van der Waals surface area contributed by atoms with Crippen LogP contribution < -0.4 is 9.80 Å². The number of rotatable bonds is 2. The molecule has 0 radical (unpaired) electrons. The highest BCUT2D eigenvalue weighted by molar-refractivity contribution is 6.07. The summed E-state index contributed by atoms with van der Waals surface area (Å²) in [5, 5.41) is 2.09. The van der Waals surface area contributed by atoms with Crippen molar-refractivity contribution >= 4 is 39.9 Å². The van der Waals surface area contributed by atoms with Gasteiger partial charge in [0.05, 0.1) is 11.6 Å². The Labute approximate surface area is 218 Å². The van der Waals surface area contributed by atoms with Crippen LogP contribution in [0.25, 0.3) is 10.8 Å². The molecule has 1 atom stereocenters. The summed E-state index contributed by atoms with van der Waals surface area (Å²) in [4.78, 5) is 47.3. The molecule has 5 rings (SSSR count). The maximum Gasteiger partial charge on any atom is 0.228 e. The second-order valence-corrected chi connectivity index (χ2v) is 10.1. The zero-order chi connectivity index (χ0) is 25.9. The predicted octanol–water partition coefficient (Wildman–Crippen LogP) is 3.91. The van der Waals surface area contributed by atoms with Gasteiger partial charge in [-0.25, -0.2) is 0 Å². The van der Waals surface area contributed by atoms with E-state index in [9.17, 15) is 14.4 Å². The molecule has 0 bridgehead atoms. The Balaban J connectivity index is 1.42. The number of hydrogen-bond donors (Lipinski definition) is 0. The Morgan fingerprint density at radius 3 is 2.41 bits per heavy atom. The summed E-state index contributed by atoms with van der Waals surface area (Å²) < 4.78 is 0. The van der Waals surface area contributed by atoms with E-state index >= 15 is 0 Å². The lowest BCUT2D eigenvalue weighted by molar-refractivity contribution is -0.136. The van der Waals surface area contributed by atoms with Crippen molar-refractivity contribution in [3.05, 3.63) is 72.3 Å².